The molecule has 0 aliphatic rings. The van der Waals surface area contributed by atoms with Crippen molar-refractivity contribution in [3.63, 3.8) is 0 Å². The number of nitrogens with one attached hydrogen (secondary N) is 2. The summed E-state index contributed by atoms with van der Waals surface area (Å²) in [7, 11) is 3.08. The van der Waals surface area contributed by atoms with Gasteiger partial charge in [-0.15, -0.1) is 0 Å². The Labute approximate surface area is 124 Å². The summed E-state index contributed by atoms with van der Waals surface area (Å²) in [6, 6.07) is 0.798. The lowest BCUT2D eigenvalue weighted by Crippen LogP contribution is -2.33. The van der Waals surface area contributed by atoms with Crippen molar-refractivity contribution in [3.8, 4) is 0 Å². The summed E-state index contributed by atoms with van der Waals surface area (Å²) in [4.78, 5) is 24.1. The number of hydrogen-bond donors (Lipinski definition) is 2. The van der Waals surface area contributed by atoms with Crippen molar-refractivity contribution < 1.29 is 27.2 Å². The van der Waals surface area contributed by atoms with E-state index in [1.54, 1.807) is 14.1 Å². The zero-order valence-corrected chi connectivity index (χ0v) is 11.9. The van der Waals surface area contributed by atoms with E-state index in [0.717, 1.165) is 0 Å². The maximum Gasteiger partial charge on any atom is 0.416 e. The van der Waals surface area contributed by atoms with E-state index >= 15 is 0 Å². The number of benzene rings is 1. The smallest absolute Gasteiger partial charge is 0.349 e. The van der Waals surface area contributed by atoms with Crippen LogP contribution >= 0.6 is 0 Å². The highest BCUT2D eigenvalue weighted by atomic mass is 19.4. The maximum atomic E-state index is 13.4. The van der Waals surface area contributed by atoms with Gasteiger partial charge in [-0.2, -0.15) is 13.2 Å². The summed E-state index contributed by atoms with van der Waals surface area (Å²) in [6.07, 6.45) is -4.62. The summed E-state index contributed by atoms with van der Waals surface area (Å²) >= 11 is 0. The lowest BCUT2D eigenvalue weighted by atomic mass is 10.2. The van der Waals surface area contributed by atoms with Crippen LogP contribution in [0, 0.1) is 5.82 Å². The number of anilines is 1. The van der Waals surface area contributed by atoms with Gasteiger partial charge in [-0.25, -0.2) is 9.18 Å². The monoisotopic (exact) mass is 321 g/mol. The Morgan fingerprint density at radius 1 is 1.23 bits per heavy atom. The number of rotatable bonds is 4. The third kappa shape index (κ3) is 5.23. The van der Waals surface area contributed by atoms with Gasteiger partial charge in [0.05, 0.1) is 11.3 Å². The molecule has 0 aliphatic carbocycles. The van der Waals surface area contributed by atoms with Crippen molar-refractivity contribution in [2.75, 3.05) is 26.0 Å². The minimum Gasteiger partial charge on any atom is -0.349 e. The van der Waals surface area contributed by atoms with Crippen molar-refractivity contribution in [2.45, 2.75) is 12.6 Å². The number of carbonyl (C=O) groups excluding carboxylic acids is 2. The van der Waals surface area contributed by atoms with E-state index in [0.29, 0.717) is 18.2 Å². The Kier molecular flexibility index (Phi) is 5.72. The number of urea groups is 1. The van der Waals surface area contributed by atoms with Crippen LogP contribution < -0.4 is 10.6 Å². The second kappa shape index (κ2) is 7.10. The molecule has 0 unspecified atom stereocenters. The Hall–Kier alpha value is -2.32. The molecule has 122 valence electrons. The van der Waals surface area contributed by atoms with Gasteiger partial charge in [-0.3, -0.25) is 4.79 Å². The molecule has 22 heavy (non-hydrogen) atoms. The molecule has 0 fully saturated rings. The lowest BCUT2D eigenvalue weighted by Gasteiger charge is -2.12. The first-order valence-electron chi connectivity index (χ1n) is 6.23. The molecular formula is C13H15F4N3O2. The lowest BCUT2D eigenvalue weighted by molar-refractivity contribution is -0.137. The van der Waals surface area contributed by atoms with Crippen molar-refractivity contribution in [1.29, 1.82) is 0 Å². The summed E-state index contributed by atoms with van der Waals surface area (Å²) in [6.45, 7) is -0.0244. The molecule has 0 aliphatic heterocycles. The molecule has 0 saturated carbocycles. The molecule has 0 radical (unpaired) electrons. The highest BCUT2D eigenvalue weighted by Gasteiger charge is 2.31. The molecule has 3 amide bonds. The minimum absolute atomic E-state index is 0.0193. The maximum absolute atomic E-state index is 13.4. The fourth-order valence-corrected chi connectivity index (χ4v) is 1.47. The molecule has 0 spiro atoms. The molecule has 0 heterocycles. The van der Waals surface area contributed by atoms with Crippen LogP contribution in [0.2, 0.25) is 0 Å². The molecular weight excluding hydrogens is 306 g/mol. The number of alkyl halides is 3. The highest BCUT2D eigenvalue weighted by Crippen LogP contribution is 2.31. The molecule has 0 bridgehead atoms. The van der Waals surface area contributed by atoms with Crippen molar-refractivity contribution in [3.05, 3.63) is 29.6 Å². The highest BCUT2D eigenvalue weighted by molar-refractivity contribution is 5.89. The fourth-order valence-electron chi connectivity index (χ4n) is 1.47. The van der Waals surface area contributed by atoms with Gasteiger partial charge in [0.2, 0.25) is 5.91 Å². The van der Waals surface area contributed by atoms with Crippen LogP contribution in [0.4, 0.5) is 28.0 Å². The average molecular weight is 321 g/mol. The van der Waals surface area contributed by atoms with Gasteiger partial charge < -0.3 is 15.5 Å². The first-order valence-corrected chi connectivity index (χ1v) is 6.23. The molecule has 1 aromatic carbocycles. The van der Waals surface area contributed by atoms with Crippen molar-refractivity contribution in [2.24, 2.45) is 0 Å². The summed E-state index contributed by atoms with van der Waals surface area (Å²) in [5.74, 6) is -1.22. The summed E-state index contributed by atoms with van der Waals surface area (Å²) < 4.78 is 50.9. The number of carbonyl (C=O) groups is 2. The fraction of sp³-hybridized carbons (Fsp3) is 0.385. The van der Waals surface area contributed by atoms with Gasteiger partial charge in [0.15, 0.2) is 0 Å². The Balaban J connectivity index is 2.63. The molecule has 1 rings (SSSR count). The Morgan fingerprint density at radius 2 is 1.86 bits per heavy atom. The van der Waals surface area contributed by atoms with Gasteiger partial charge in [-0.1, -0.05) is 0 Å². The number of hydrogen-bond acceptors (Lipinski definition) is 2. The van der Waals surface area contributed by atoms with E-state index in [1.807, 2.05) is 5.32 Å². The van der Waals surface area contributed by atoms with Gasteiger partial charge in [0.25, 0.3) is 0 Å². The van der Waals surface area contributed by atoms with Gasteiger partial charge in [0.1, 0.15) is 5.82 Å². The largest absolute Gasteiger partial charge is 0.416 e. The Bertz CT molecular complexity index is 559. The van der Waals surface area contributed by atoms with Gasteiger partial charge >= 0.3 is 12.2 Å². The second-order valence-electron chi connectivity index (χ2n) is 4.61. The predicted molar refractivity (Wildman–Crippen MR) is 71.7 cm³/mol. The third-order valence-electron chi connectivity index (χ3n) is 2.67. The number of nitrogens with zero attached hydrogens (tertiary/aromatic N) is 1. The van der Waals surface area contributed by atoms with Crippen LogP contribution in [0.25, 0.3) is 0 Å². The van der Waals surface area contributed by atoms with Gasteiger partial charge in [0, 0.05) is 27.1 Å². The molecule has 0 atom stereocenters. The average Bonchev–Trinajstić information content (AvgIpc) is 2.39. The van der Waals surface area contributed by atoms with E-state index in [-0.39, 0.29) is 18.9 Å². The summed E-state index contributed by atoms with van der Waals surface area (Å²) in [5, 5.41) is 4.23. The number of halogens is 4. The molecule has 9 heteroatoms. The van der Waals surface area contributed by atoms with E-state index in [4.69, 9.17) is 0 Å². The van der Waals surface area contributed by atoms with Crippen molar-refractivity contribution >= 4 is 17.6 Å². The zero-order chi connectivity index (χ0) is 16.9. The molecule has 0 saturated heterocycles. The van der Waals surface area contributed by atoms with Crippen LogP contribution in [0.1, 0.15) is 12.0 Å². The standard InChI is InChI=1S/C13H15F4N3O2/c1-20(2)11(21)5-6-18-12(22)19-10-7-8(13(15,16)17)3-4-9(10)14/h3-4,7H,5-6H2,1-2H3,(H2,18,19,22). The van der Waals surface area contributed by atoms with Gasteiger partial charge in [-0.05, 0) is 18.2 Å². The zero-order valence-electron chi connectivity index (χ0n) is 11.9. The molecule has 2 N–H and O–H groups in total. The van der Waals surface area contributed by atoms with E-state index < -0.39 is 29.3 Å². The minimum atomic E-state index is -4.64. The van der Waals surface area contributed by atoms with E-state index in [2.05, 4.69) is 5.32 Å². The third-order valence-corrected chi connectivity index (χ3v) is 2.67. The van der Waals surface area contributed by atoms with Crippen LogP contribution in [0.5, 0.6) is 0 Å². The van der Waals surface area contributed by atoms with Crippen LogP contribution in [0.15, 0.2) is 18.2 Å². The van der Waals surface area contributed by atoms with E-state index in [1.165, 1.54) is 4.90 Å². The van der Waals surface area contributed by atoms with Crippen molar-refractivity contribution in [1.82, 2.24) is 10.2 Å². The first kappa shape index (κ1) is 17.7. The van der Waals surface area contributed by atoms with Crippen LogP contribution in [-0.2, 0) is 11.0 Å². The molecule has 1 aromatic rings. The normalized spacial score (nSPS) is 11.0. The predicted octanol–water partition coefficient (Wildman–Crippen LogP) is 2.44. The van der Waals surface area contributed by atoms with Crippen LogP contribution in [0.3, 0.4) is 0 Å². The first-order chi connectivity index (χ1) is 10.1. The quantitative estimate of drug-likeness (QED) is 0.837. The molecule has 5 nitrogen and oxygen atoms in total. The summed E-state index contributed by atoms with van der Waals surface area (Å²) in [5.41, 5.74) is -1.67. The topological polar surface area (TPSA) is 61.4 Å². The van der Waals surface area contributed by atoms with Crippen LogP contribution in [-0.4, -0.2) is 37.5 Å². The number of amides is 3. The molecule has 0 aromatic heterocycles. The Morgan fingerprint density at radius 3 is 2.41 bits per heavy atom. The van der Waals surface area contributed by atoms with E-state index in [9.17, 15) is 27.2 Å². The second-order valence-corrected chi connectivity index (χ2v) is 4.61. The SMILES string of the molecule is CN(C)C(=O)CCNC(=O)Nc1cc(C(F)(F)F)ccc1F.